The zero-order valence-corrected chi connectivity index (χ0v) is 17.6. The Morgan fingerprint density at radius 2 is 1.89 bits per heavy atom. The Bertz CT molecular complexity index is 847. The Labute approximate surface area is 174 Å². The maximum Gasteiger partial charge on any atom is 0.251 e. The molecule has 2 aromatic rings. The Kier molecular flexibility index (Phi) is 7.09. The Hall–Kier alpha value is -2.34. The van der Waals surface area contributed by atoms with Gasteiger partial charge in [-0.15, -0.1) is 0 Å². The van der Waals surface area contributed by atoms with E-state index in [1.54, 1.807) is 25.3 Å². The molecule has 0 aromatic heterocycles. The molecule has 0 spiro atoms. The number of halogens is 1. The van der Waals surface area contributed by atoms with E-state index in [-0.39, 0.29) is 17.7 Å². The summed E-state index contributed by atoms with van der Waals surface area (Å²) in [4.78, 5) is 24.9. The number of nitrogens with one attached hydrogen (secondary N) is 2. The van der Waals surface area contributed by atoms with Crippen LogP contribution in [0.4, 0.5) is 5.69 Å². The normalized spacial score (nSPS) is 14.4. The van der Waals surface area contributed by atoms with Crippen LogP contribution in [-0.4, -0.2) is 18.9 Å². The predicted octanol–water partition coefficient (Wildman–Crippen LogP) is 4.91. The van der Waals surface area contributed by atoms with E-state index in [0.29, 0.717) is 17.8 Å². The van der Waals surface area contributed by atoms with Crippen LogP contribution in [0.15, 0.2) is 46.9 Å². The summed E-state index contributed by atoms with van der Waals surface area (Å²) in [5.41, 5.74) is 2.15. The maximum absolute atomic E-state index is 12.5. The van der Waals surface area contributed by atoms with Crippen molar-refractivity contribution in [2.45, 2.75) is 38.6 Å². The molecule has 1 aliphatic rings. The molecule has 1 aliphatic carbocycles. The molecule has 1 fully saturated rings. The highest BCUT2D eigenvalue weighted by Crippen LogP contribution is 2.26. The number of carbonyl (C=O) groups excluding carboxylic acids is 2. The van der Waals surface area contributed by atoms with Gasteiger partial charge in [-0.25, -0.2) is 0 Å². The van der Waals surface area contributed by atoms with Gasteiger partial charge in [0.1, 0.15) is 5.75 Å². The van der Waals surface area contributed by atoms with Crippen LogP contribution < -0.4 is 15.4 Å². The number of rotatable bonds is 6. The average Bonchev–Trinajstić information content (AvgIpc) is 2.73. The molecule has 0 aliphatic heterocycles. The highest BCUT2D eigenvalue weighted by atomic mass is 79.9. The van der Waals surface area contributed by atoms with Gasteiger partial charge in [-0.1, -0.05) is 31.4 Å². The zero-order chi connectivity index (χ0) is 19.9. The van der Waals surface area contributed by atoms with Gasteiger partial charge in [0.05, 0.1) is 11.6 Å². The zero-order valence-electron chi connectivity index (χ0n) is 16.0. The minimum Gasteiger partial charge on any atom is -0.496 e. The molecule has 1 saturated carbocycles. The van der Waals surface area contributed by atoms with Crippen LogP contribution >= 0.6 is 15.9 Å². The van der Waals surface area contributed by atoms with E-state index in [4.69, 9.17) is 4.74 Å². The van der Waals surface area contributed by atoms with Crippen LogP contribution in [0.5, 0.6) is 5.75 Å². The second-order valence-electron chi connectivity index (χ2n) is 7.06. The Balaban J connectivity index is 1.58. The van der Waals surface area contributed by atoms with Crippen molar-refractivity contribution < 1.29 is 14.3 Å². The van der Waals surface area contributed by atoms with E-state index < -0.39 is 0 Å². The lowest BCUT2D eigenvalue weighted by Crippen LogP contribution is -2.25. The van der Waals surface area contributed by atoms with Crippen LogP contribution in [0, 0.1) is 5.92 Å². The average molecular weight is 445 g/mol. The first-order chi connectivity index (χ1) is 13.6. The first-order valence-corrected chi connectivity index (χ1v) is 10.4. The summed E-state index contributed by atoms with van der Waals surface area (Å²) < 4.78 is 6.06. The van der Waals surface area contributed by atoms with Gasteiger partial charge in [0, 0.05) is 23.7 Å². The fourth-order valence-electron chi connectivity index (χ4n) is 3.45. The van der Waals surface area contributed by atoms with E-state index in [9.17, 15) is 9.59 Å². The van der Waals surface area contributed by atoms with Crippen molar-refractivity contribution in [3.05, 3.63) is 58.1 Å². The third-order valence-corrected chi connectivity index (χ3v) is 5.66. The van der Waals surface area contributed by atoms with Crippen LogP contribution in [0.1, 0.15) is 48.0 Å². The van der Waals surface area contributed by atoms with E-state index in [1.165, 1.54) is 6.42 Å². The van der Waals surface area contributed by atoms with E-state index in [1.807, 2.05) is 24.3 Å². The molecule has 5 nitrogen and oxygen atoms in total. The van der Waals surface area contributed by atoms with E-state index >= 15 is 0 Å². The molecular weight excluding hydrogens is 420 g/mol. The number of amides is 2. The third kappa shape index (κ3) is 5.35. The number of anilines is 1. The van der Waals surface area contributed by atoms with Gasteiger partial charge < -0.3 is 15.4 Å². The van der Waals surface area contributed by atoms with Crippen molar-refractivity contribution in [1.29, 1.82) is 0 Å². The molecule has 2 aromatic carbocycles. The summed E-state index contributed by atoms with van der Waals surface area (Å²) in [5, 5.41) is 5.87. The molecule has 6 heteroatoms. The molecule has 3 rings (SSSR count). The standard InChI is InChI=1S/C22H25BrN2O3/c1-28-20-11-10-15(12-19(20)23)14-24-21(26)17-8-5-9-18(13-17)25-22(27)16-6-3-2-4-7-16/h5,8-13,16H,2-4,6-7,14H2,1H3,(H,24,26)(H,25,27). The summed E-state index contributed by atoms with van der Waals surface area (Å²) >= 11 is 3.45. The number of carbonyl (C=O) groups is 2. The number of ether oxygens (including phenoxy) is 1. The van der Waals surface area contributed by atoms with Crippen molar-refractivity contribution in [1.82, 2.24) is 5.32 Å². The molecular formula is C22H25BrN2O3. The number of benzene rings is 2. The lowest BCUT2D eigenvalue weighted by Gasteiger charge is -2.20. The van der Waals surface area contributed by atoms with Gasteiger partial charge in [0.15, 0.2) is 0 Å². The molecule has 0 saturated heterocycles. The Morgan fingerprint density at radius 1 is 1.11 bits per heavy atom. The third-order valence-electron chi connectivity index (χ3n) is 5.04. The predicted molar refractivity (Wildman–Crippen MR) is 114 cm³/mol. The Morgan fingerprint density at radius 3 is 2.61 bits per heavy atom. The minimum atomic E-state index is -0.180. The van der Waals surface area contributed by atoms with Gasteiger partial charge in [-0.2, -0.15) is 0 Å². The highest BCUT2D eigenvalue weighted by Gasteiger charge is 2.21. The summed E-state index contributed by atoms with van der Waals surface area (Å²) in [6.07, 6.45) is 5.33. The summed E-state index contributed by atoms with van der Waals surface area (Å²) in [5.74, 6) is 0.706. The summed E-state index contributed by atoms with van der Waals surface area (Å²) in [7, 11) is 1.61. The molecule has 0 bridgehead atoms. The van der Waals surface area contributed by atoms with Gasteiger partial charge in [-0.3, -0.25) is 9.59 Å². The number of hydrogen-bond acceptors (Lipinski definition) is 3. The fraction of sp³-hybridized carbons (Fsp3) is 0.364. The molecule has 148 valence electrons. The maximum atomic E-state index is 12.5. The van der Waals surface area contributed by atoms with Gasteiger partial charge >= 0.3 is 0 Å². The monoisotopic (exact) mass is 444 g/mol. The molecule has 2 amide bonds. The fourth-order valence-corrected chi connectivity index (χ4v) is 4.04. The lowest BCUT2D eigenvalue weighted by atomic mass is 9.88. The molecule has 0 radical (unpaired) electrons. The van der Waals surface area contributed by atoms with Crippen LogP contribution in [0.2, 0.25) is 0 Å². The SMILES string of the molecule is COc1ccc(CNC(=O)c2cccc(NC(=O)C3CCCCC3)c2)cc1Br. The van der Waals surface area contributed by atoms with Gasteiger partial charge in [-0.05, 0) is 64.7 Å². The molecule has 2 N–H and O–H groups in total. The number of methoxy groups -OCH3 is 1. The first-order valence-electron chi connectivity index (χ1n) is 9.58. The summed E-state index contributed by atoms with van der Waals surface area (Å²) in [6, 6.07) is 12.8. The molecule has 0 unspecified atom stereocenters. The van der Waals surface area contributed by atoms with E-state index in [0.717, 1.165) is 41.5 Å². The second kappa shape index (κ2) is 9.73. The van der Waals surface area contributed by atoms with Crippen LogP contribution in [-0.2, 0) is 11.3 Å². The van der Waals surface area contributed by atoms with Crippen LogP contribution in [0.3, 0.4) is 0 Å². The van der Waals surface area contributed by atoms with E-state index in [2.05, 4.69) is 26.6 Å². The summed E-state index contributed by atoms with van der Waals surface area (Å²) in [6.45, 7) is 0.403. The number of hydrogen-bond donors (Lipinski definition) is 2. The molecule has 0 heterocycles. The topological polar surface area (TPSA) is 67.4 Å². The largest absolute Gasteiger partial charge is 0.496 e. The minimum absolute atomic E-state index is 0.0559. The first kappa shape index (κ1) is 20.4. The lowest BCUT2D eigenvalue weighted by molar-refractivity contribution is -0.120. The van der Waals surface area contributed by atoms with Crippen LogP contribution in [0.25, 0.3) is 0 Å². The molecule has 28 heavy (non-hydrogen) atoms. The van der Waals surface area contributed by atoms with Crippen molar-refractivity contribution >= 4 is 33.4 Å². The van der Waals surface area contributed by atoms with Gasteiger partial charge in [0.25, 0.3) is 5.91 Å². The molecule has 0 atom stereocenters. The highest BCUT2D eigenvalue weighted by molar-refractivity contribution is 9.10. The van der Waals surface area contributed by atoms with Crippen molar-refractivity contribution in [2.75, 3.05) is 12.4 Å². The van der Waals surface area contributed by atoms with Gasteiger partial charge in [0.2, 0.25) is 5.91 Å². The van der Waals surface area contributed by atoms with Crippen molar-refractivity contribution in [2.24, 2.45) is 5.92 Å². The van der Waals surface area contributed by atoms with Crippen molar-refractivity contribution in [3.8, 4) is 5.75 Å². The smallest absolute Gasteiger partial charge is 0.251 e. The second-order valence-corrected chi connectivity index (χ2v) is 7.91. The quantitative estimate of drug-likeness (QED) is 0.664. The van der Waals surface area contributed by atoms with Crippen molar-refractivity contribution in [3.63, 3.8) is 0 Å².